The van der Waals surface area contributed by atoms with Crippen molar-refractivity contribution in [1.82, 2.24) is 10.3 Å². The Morgan fingerprint density at radius 3 is 2.72 bits per heavy atom. The molecule has 1 aromatic carbocycles. The van der Waals surface area contributed by atoms with Crippen LogP contribution in [0, 0.1) is 6.92 Å². The molecule has 0 amide bonds. The topological polar surface area (TPSA) is 24.9 Å². The van der Waals surface area contributed by atoms with E-state index in [4.69, 9.17) is 11.6 Å². The van der Waals surface area contributed by atoms with Gasteiger partial charge in [-0.2, -0.15) is 0 Å². The summed E-state index contributed by atoms with van der Waals surface area (Å²) in [5.74, 6) is 0. The van der Waals surface area contributed by atoms with E-state index in [1.807, 2.05) is 43.3 Å². The quantitative estimate of drug-likeness (QED) is 0.902. The van der Waals surface area contributed by atoms with E-state index in [-0.39, 0.29) is 6.04 Å². The normalized spacial score (nSPS) is 12.4. The lowest BCUT2D eigenvalue weighted by atomic mass is 10.1. The van der Waals surface area contributed by atoms with Crippen molar-refractivity contribution in [1.29, 1.82) is 0 Å². The number of halogens is 1. The molecule has 2 aromatic rings. The molecule has 94 valence electrons. The van der Waals surface area contributed by atoms with E-state index in [9.17, 15) is 0 Å². The first-order chi connectivity index (χ1) is 8.65. The second-order valence-electron chi connectivity index (χ2n) is 4.43. The lowest BCUT2D eigenvalue weighted by Gasteiger charge is -2.14. The summed E-state index contributed by atoms with van der Waals surface area (Å²) in [6, 6.07) is 14.3. The highest BCUT2D eigenvalue weighted by Crippen LogP contribution is 2.17. The molecule has 1 heterocycles. The molecule has 0 saturated carbocycles. The van der Waals surface area contributed by atoms with Crippen LogP contribution in [-0.2, 0) is 6.54 Å². The predicted octanol–water partition coefficient (Wildman–Crippen LogP) is 3.89. The van der Waals surface area contributed by atoms with Gasteiger partial charge in [0.05, 0.1) is 5.69 Å². The summed E-state index contributed by atoms with van der Waals surface area (Å²) in [6.45, 7) is 4.89. The third kappa shape index (κ3) is 3.56. The molecular weight excluding hydrogens is 244 g/mol. The van der Waals surface area contributed by atoms with Crippen molar-refractivity contribution >= 4 is 11.6 Å². The van der Waals surface area contributed by atoms with Crippen LogP contribution in [0.15, 0.2) is 42.5 Å². The highest BCUT2D eigenvalue weighted by Gasteiger charge is 2.05. The van der Waals surface area contributed by atoms with Gasteiger partial charge in [0.15, 0.2) is 0 Å². The van der Waals surface area contributed by atoms with Crippen LogP contribution in [0.25, 0.3) is 0 Å². The van der Waals surface area contributed by atoms with Gasteiger partial charge in [-0.1, -0.05) is 29.8 Å². The van der Waals surface area contributed by atoms with Gasteiger partial charge in [-0.25, -0.2) is 0 Å². The SMILES string of the molecule is Cc1cccc(CN[C@H](C)c2cccc(Cl)c2)n1. The van der Waals surface area contributed by atoms with E-state index in [0.717, 1.165) is 23.0 Å². The summed E-state index contributed by atoms with van der Waals surface area (Å²) in [7, 11) is 0. The average Bonchev–Trinajstić information content (AvgIpc) is 2.36. The van der Waals surface area contributed by atoms with Crippen LogP contribution in [0.1, 0.15) is 29.9 Å². The van der Waals surface area contributed by atoms with Crippen molar-refractivity contribution < 1.29 is 0 Å². The number of nitrogens with zero attached hydrogens (tertiary/aromatic N) is 1. The number of nitrogens with one attached hydrogen (secondary N) is 1. The molecule has 0 aliphatic rings. The van der Waals surface area contributed by atoms with Crippen molar-refractivity contribution in [3.63, 3.8) is 0 Å². The smallest absolute Gasteiger partial charge is 0.0545 e. The lowest BCUT2D eigenvalue weighted by molar-refractivity contribution is 0.567. The Bertz CT molecular complexity index is 525. The molecule has 0 spiro atoms. The van der Waals surface area contributed by atoms with Crippen molar-refractivity contribution in [3.8, 4) is 0 Å². The molecule has 1 N–H and O–H groups in total. The molecule has 18 heavy (non-hydrogen) atoms. The Hall–Kier alpha value is -1.38. The zero-order valence-electron chi connectivity index (χ0n) is 10.7. The molecule has 0 saturated heterocycles. The van der Waals surface area contributed by atoms with E-state index < -0.39 is 0 Å². The minimum absolute atomic E-state index is 0.256. The summed E-state index contributed by atoms with van der Waals surface area (Å²) >= 11 is 5.99. The average molecular weight is 261 g/mol. The summed E-state index contributed by atoms with van der Waals surface area (Å²) in [6.07, 6.45) is 0. The van der Waals surface area contributed by atoms with Crippen molar-refractivity contribution in [2.75, 3.05) is 0 Å². The van der Waals surface area contributed by atoms with Crippen LogP contribution in [0.2, 0.25) is 5.02 Å². The number of aromatic nitrogens is 1. The molecule has 3 heteroatoms. The van der Waals surface area contributed by atoms with E-state index in [0.29, 0.717) is 0 Å². The van der Waals surface area contributed by atoms with Crippen molar-refractivity contribution in [2.24, 2.45) is 0 Å². The van der Waals surface area contributed by atoms with Gasteiger partial charge in [0.25, 0.3) is 0 Å². The summed E-state index contributed by atoms with van der Waals surface area (Å²) < 4.78 is 0. The van der Waals surface area contributed by atoms with E-state index in [1.165, 1.54) is 5.56 Å². The zero-order valence-corrected chi connectivity index (χ0v) is 11.4. The third-order valence-corrected chi connectivity index (χ3v) is 3.12. The Labute approximate surface area is 113 Å². The second-order valence-corrected chi connectivity index (χ2v) is 4.86. The second kappa shape index (κ2) is 5.98. The van der Waals surface area contributed by atoms with Crippen LogP contribution < -0.4 is 5.32 Å². The van der Waals surface area contributed by atoms with E-state index in [1.54, 1.807) is 0 Å². The number of pyridine rings is 1. The zero-order chi connectivity index (χ0) is 13.0. The number of rotatable bonds is 4. The first-order valence-electron chi connectivity index (χ1n) is 6.06. The predicted molar refractivity (Wildman–Crippen MR) is 75.7 cm³/mol. The Balaban J connectivity index is 1.98. The molecule has 0 bridgehead atoms. The van der Waals surface area contributed by atoms with Crippen LogP contribution in [-0.4, -0.2) is 4.98 Å². The van der Waals surface area contributed by atoms with Crippen LogP contribution in [0.5, 0.6) is 0 Å². The molecule has 1 atom stereocenters. The fourth-order valence-corrected chi connectivity index (χ4v) is 2.05. The first-order valence-corrected chi connectivity index (χ1v) is 6.44. The number of aryl methyl sites for hydroxylation is 1. The fraction of sp³-hybridized carbons (Fsp3) is 0.267. The molecule has 2 rings (SSSR count). The minimum Gasteiger partial charge on any atom is -0.305 e. The molecule has 0 aliphatic carbocycles. The molecule has 0 unspecified atom stereocenters. The monoisotopic (exact) mass is 260 g/mol. The number of hydrogen-bond acceptors (Lipinski definition) is 2. The summed E-state index contributed by atoms with van der Waals surface area (Å²) in [5, 5.41) is 4.22. The standard InChI is InChI=1S/C15H17ClN2/c1-11-5-3-8-15(18-11)10-17-12(2)13-6-4-7-14(16)9-13/h3-9,12,17H,10H2,1-2H3/t12-/m1/s1. The Morgan fingerprint density at radius 2 is 2.00 bits per heavy atom. The highest BCUT2D eigenvalue weighted by molar-refractivity contribution is 6.30. The molecule has 2 nitrogen and oxygen atoms in total. The van der Waals surface area contributed by atoms with Crippen molar-refractivity contribution in [2.45, 2.75) is 26.4 Å². The third-order valence-electron chi connectivity index (χ3n) is 2.88. The van der Waals surface area contributed by atoms with Crippen LogP contribution in [0.4, 0.5) is 0 Å². The maximum atomic E-state index is 5.99. The van der Waals surface area contributed by atoms with Crippen LogP contribution in [0.3, 0.4) is 0 Å². The minimum atomic E-state index is 0.256. The molecule has 0 aliphatic heterocycles. The van der Waals surface area contributed by atoms with Gasteiger partial charge in [-0.05, 0) is 43.7 Å². The maximum absolute atomic E-state index is 5.99. The van der Waals surface area contributed by atoms with Gasteiger partial charge in [-0.3, -0.25) is 4.98 Å². The van der Waals surface area contributed by atoms with Gasteiger partial charge in [0.1, 0.15) is 0 Å². The van der Waals surface area contributed by atoms with Gasteiger partial charge >= 0.3 is 0 Å². The number of benzene rings is 1. The maximum Gasteiger partial charge on any atom is 0.0545 e. The van der Waals surface area contributed by atoms with E-state index in [2.05, 4.69) is 23.3 Å². The van der Waals surface area contributed by atoms with Crippen molar-refractivity contribution in [3.05, 3.63) is 64.4 Å². The van der Waals surface area contributed by atoms with Crippen LogP contribution >= 0.6 is 11.6 Å². The molecule has 1 aromatic heterocycles. The van der Waals surface area contributed by atoms with Gasteiger partial charge < -0.3 is 5.32 Å². The van der Waals surface area contributed by atoms with Gasteiger partial charge in [0.2, 0.25) is 0 Å². The Morgan fingerprint density at radius 1 is 1.22 bits per heavy atom. The molecular formula is C15H17ClN2. The molecule has 0 fully saturated rings. The van der Waals surface area contributed by atoms with E-state index >= 15 is 0 Å². The largest absolute Gasteiger partial charge is 0.305 e. The van der Waals surface area contributed by atoms with Gasteiger partial charge in [0, 0.05) is 23.3 Å². The highest BCUT2D eigenvalue weighted by atomic mass is 35.5. The summed E-state index contributed by atoms with van der Waals surface area (Å²) in [4.78, 5) is 4.47. The number of hydrogen-bond donors (Lipinski definition) is 1. The molecule has 0 radical (unpaired) electrons. The Kier molecular flexibility index (Phi) is 4.34. The fourth-order valence-electron chi connectivity index (χ4n) is 1.85. The van der Waals surface area contributed by atoms with Gasteiger partial charge in [-0.15, -0.1) is 0 Å². The first kappa shape index (κ1) is 13.1. The lowest BCUT2D eigenvalue weighted by Crippen LogP contribution is -2.18. The summed E-state index contributed by atoms with van der Waals surface area (Å²) in [5.41, 5.74) is 3.30.